The largest absolute Gasteiger partial charge is 0.296 e. The zero-order valence-electron chi connectivity index (χ0n) is 8.44. The van der Waals surface area contributed by atoms with Crippen molar-refractivity contribution in [3.8, 4) is 0 Å². The third-order valence-corrected chi connectivity index (χ3v) is 2.88. The second kappa shape index (κ2) is 3.93. The normalized spacial score (nSPS) is 22.5. The minimum Gasteiger partial charge on any atom is -0.296 e. The van der Waals surface area contributed by atoms with Crippen LogP contribution in [0, 0.1) is 0 Å². The van der Waals surface area contributed by atoms with Crippen molar-refractivity contribution in [3.63, 3.8) is 0 Å². The van der Waals surface area contributed by atoms with E-state index in [2.05, 4.69) is 4.90 Å². The Kier molecular flexibility index (Phi) is 2.64. The van der Waals surface area contributed by atoms with E-state index in [0.29, 0.717) is 0 Å². The maximum Gasteiger partial charge on any atom is 0.179 e. The predicted octanol–water partition coefficient (Wildman–Crippen LogP) is 1.96. The molecule has 14 heavy (non-hydrogen) atoms. The lowest BCUT2D eigenvalue weighted by atomic mass is 10.0. The summed E-state index contributed by atoms with van der Waals surface area (Å²) in [5, 5.41) is 0. The van der Waals surface area contributed by atoms with Gasteiger partial charge in [-0.05, 0) is 26.4 Å². The number of hydrogen-bond donors (Lipinski definition) is 0. The molecule has 0 radical (unpaired) electrons. The zero-order chi connectivity index (χ0) is 9.97. The molecule has 1 aliphatic rings. The predicted molar refractivity (Wildman–Crippen MR) is 56.4 cm³/mol. The van der Waals surface area contributed by atoms with Gasteiger partial charge in [-0.25, -0.2) is 0 Å². The van der Waals surface area contributed by atoms with Crippen LogP contribution in [0.3, 0.4) is 0 Å². The van der Waals surface area contributed by atoms with Crippen LogP contribution >= 0.6 is 0 Å². The molecule has 0 bridgehead atoms. The molecule has 0 N–H and O–H groups in total. The van der Waals surface area contributed by atoms with E-state index in [4.69, 9.17) is 0 Å². The van der Waals surface area contributed by atoms with Gasteiger partial charge in [0.05, 0.1) is 6.04 Å². The minimum atomic E-state index is 0.109. The number of ketones is 1. The highest BCUT2D eigenvalue weighted by Crippen LogP contribution is 2.18. The SMILES string of the molecule is CN1CCCC1C(=O)c1ccccc1. The van der Waals surface area contributed by atoms with Gasteiger partial charge in [0.15, 0.2) is 5.78 Å². The van der Waals surface area contributed by atoms with Gasteiger partial charge in [-0.15, -0.1) is 0 Å². The van der Waals surface area contributed by atoms with Gasteiger partial charge in [-0.3, -0.25) is 9.69 Å². The van der Waals surface area contributed by atoms with E-state index in [-0.39, 0.29) is 11.8 Å². The molecule has 1 aromatic carbocycles. The summed E-state index contributed by atoms with van der Waals surface area (Å²) >= 11 is 0. The number of Topliss-reactive ketones (excluding diaryl/α,β-unsaturated/α-hetero) is 1. The van der Waals surface area contributed by atoms with E-state index in [1.54, 1.807) is 0 Å². The lowest BCUT2D eigenvalue weighted by molar-refractivity contribution is 0.0890. The number of likely N-dealkylation sites (tertiary alicyclic amines) is 1. The van der Waals surface area contributed by atoms with Crippen LogP contribution in [0.4, 0.5) is 0 Å². The summed E-state index contributed by atoms with van der Waals surface area (Å²) < 4.78 is 0. The molecule has 0 aromatic heterocycles. The van der Waals surface area contributed by atoms with Gasteiger partial charge in [0, 0.05) is 5.56 Å². The van der Waals surface area contributed by atoms with E-state index in [0.717, 1.165) is 24.9 Å². The highest BCUT2D eigenvalue weighted by molar-refractivity contribution is 6.00. The molecule has 1 saturated heterocycles. The number of benzene rings is 1. The topological polar surface area (TPSA) is 20.3 Å². The minimum absolute atomic E-state index is 0.109. The van der Waals surface area contributed by atoms with Crippen molar-refractivity contribution in [1.29, 1.82) is 0 Å². The van der Waals surface area contributed by atoms with Crippen molar-refractivity contribution < 1.29 is 4.79 Å². The summed E-state index contributed by atoms with van der Waals surface area (Å²) in [5.41, 5.74) is 0.839. The van der Waals surface area contributed by atoms with Crippen LogP contribution in [0.25, 0.3) is 0 Å². The third-order valence-electron chi connectivity index (χ3n) is 2.88. The molecular weight excluding hydrogens is 174 g/mol. The van der Waals surface area contributed by atoms with Crippen molar-refractivity contribution in [2.45, 2.75) is 18.9 Å². The molecule has 1 unspecified atom stereocenters. The van der Waals surface area contributed by atoms with Crippen LogP contribution < -0.4 is 0 Å². The molecule has 0 spiro atoms. The van der Waals surface area contributed by atoms with Crippen molar-refractivity contribution in [3.05, 3.63) is 35.9 Å². The second-order valence-electron chi connectivity index (χ2n) is 3.87. The number of rotatable bonds is 2. The summed E-state index contributed by atoms with van der Waals surface area (Å²) in [6.07, 6.45) is 2.14. The van der Waals surface area contributed by atoms with Gasteiger partial charge in [-0.1, -0.05) is 30.3 Å². The van der Waals surface area contributed by atoms with Crippen molar-refractivity contribution in [1.82, 2.24) is 4.90 Å². The van der Waals surface area contributed by atoms with Crippen LogP contribution in [0.15, 0.2) is 30.3 Å². The van der Waals surface area contributed by atoms with Crippen LogP contribution in [0.5, 0.6) is 0 Å². The number of nitrogens with zero attached hydrogens (tertiary/aromatic N) is 1. The molecule has 0 amide bonds. The molecule has 1 aromatic rings. The summed E-state index contributed by atoms with van der Waals surface area (Å²) in [6, 6.07) is 9.68. The molecular formula is C12H15NO. The average Bonchev–Trinajstić information content (AvgIpc) is 2.65. The summed E-state index contributed by atoms with van der Waals surface area (Å²) in [6.45, 7) is 1.04. The fourth-order valence-corrected chi connectivity index (χ4v) is 2.04. The molecule has 2 heteroatoms. The molecule has 74 valence electrons. The van der Waals surface area contributed by atoms with Crippen LogP contribution in [-0.4, -0.2) is 30.3 Å². The smallest absolute Gasteiger partial charge is 0.179 e. The van der Waals surface area contributed by atoms with E-state index in [1.807, 2.05) is 37.4 Å². The van der Waals surface area contributed by atoms with E-state index in [1.165, 1.54) is 0 Å². The van der Waals surface area contributed by atoms with Gasteiger partial charge in [0.1, 0.15) is 0 Å². The molecule has 2 rings (SSSR count). The van der Waals surface area contributed by atoms with Gasteiger partial charge in [0.2, 0.25) is 0 Å². The molecule has 2 nitrogen and oxygen atoms in total. The van der Waals surface area contributed by atoms with E-state index in [9.17, 15) is 4.79 Å². The summed E-state index contributed by atoms with van der Waals surface area (Å²) in [7, 11) is 2.03. The van der Waals surface area contributed by atoms with Crippen molar-refractivity contribution in [2.24, 2.45) is 0 Å². The Hall–Kier alpha value is -1.15. The number of carbonyl (C=O) groups excluding carboxylic acids is 1. The Balaban J connectivity index is 2.16. The lowest BCUT2D eigenvalue weighted by Gasteiger charge is -2.17. The first-order chi connectivity index (χ1) is 6.79. The first-order valence-corrected chi connectivity index (χ1v) is 5.08. The number of carbonyl (C=O) groups is 1. The molecule has 1 aliphatic heterocycles. The van der Waals surface area contributed by atoms with Gasteiger partial charge in [0.25, 0.3) is 0 Å². The fraction of sp³-hybridized carbons (Fsp3) is 0.417. The molecule has 1 fully saturated rings. The Labute approximate surface area is 84.5 Å². The highest BCUT2D eigenvalue weighted by atomic mass is 16.1. The van der Waals surface area contributed by atoms with Gasteiger partial charge >= 0.3 is 0 Å². The number of hydrogen-bond acceptors (Lipinski definition) is 2. The van der Waals surface area contributed by atoms with Gasteiger partial charge in [-0.2, -0.15) is 0 Å². The number of likely N-dealkylation sites (N-methyl/N-ethyl adjacent to an activating group) is 1. The molecule has 0 aliphatic carbocycles. The standard InChI is InChI=1S/C12H15NO/c1-13-9-5-8-11(13)12(14)10-6-3-2-4-7-10/h2-4,6-7,11H,5,8-9H2,1H3. The van der Waals surface area contributed by atoms with E-state index < -0.39 is 0 Å². The molecule has 0 saturated carbocycles. The van der Waals surface area contributed by atoms with Crippen molar-refractivity contribution in [2.75, 3.05) is 13.6 Å². The van der Waals surface area contributed by atoms with Crippen LogP contribution in [0.1, 0.15) is 23.2 Å². The molecule has 1 atom stereocenters. The second-order valence-corrected chi connectivity index (χ2v) is 3.87. The monoisotopic (exact) mass is 189 g/mol. The van der Waals surface area contributed by atoms with Gasteiger partial charge < -0.3 is 0 Å². The maximum atomic E-state index is 12.0. The van der Waals surface area contributed by atoms with E-state index >= 15 is 0 Å². The first-order valence-electron chi connectivity index (χ1n) is 5.08. The van der Waals surface area contributed by atoms with Crippen LogP contribution in [-0.2, 0) is 0 Å². The quantitative estimate of drug-likeness (QED) is 0.663. The Morgan fingerprint density at radius 3 is 2.64 bits per heavy atom. The first kappa shape index (κ1) is 9.41. The fourth-order valence-electron chi connectivity index (χ4n) is 2.04. The third kappa shape index (κ3) is 1.70. The summed E-state index contributed by atoms with van der Waals surface area (Å²) in [5.74, 6) is 0.269. The Morgan fingerprint density at radius 1 is 1.36 bits per heavy atom. The maximum absolute atomic E-state index is 12.0. The van der Waals surface area contributed by atoms with Crippen LogP contribution in [0.2, 0.25) is 0 Å². The Morgan fingerprint density at radius 2 is 2.07 bits per heavy atom. The van der Waals surface area contributed by atoms with Crippen molar-refractivity contribution >= 4 is 5.78 Å². The zero-order valence-corrected chi connectivity index (χ0v) is 8.44. The Bertz CT molecular complexity index is 320. The lowest BCUT2D eigenvalue weighted by Crippen LogP contribution is -2.32. The summed E-state index contributed by atoms with van der Waals surface area (Å²) in [4.78, 5) is 14.2. The molecule has 1 heterocycles. The highest BCUT2D eigenvalue weighted by Gasteiger charge is 2.27. The average molecular weight is 189 g/mol.